The molecule has 1 amide bonds. The van der Waals surface area contributed by atoms with Crippen molar-refractivity contribution >= 4 is 5.91 Å². The molecular weight excluding hydrogens is 350 g/mol. The van der Waals surface area contributed by atoms with Gasteiger partial charge in [-0.25, -0.2) is 8.78 Å². The molecule has 0 N–H and O–H groups in total. The molecule has 2 aromatic rings. The van der Waals surface area contributed by atoms with Crippen LogP contribution in [0.3, 0.4) is 0 Å². The van der Waals surface area contributed by atoms with Crippen molar-refractivity contribution in [3.63, 3.8) is 0 Å². The molecule has 27 heavy (non-hydrogen) atoms. The van der Waals surface area contributed by atoms with Gasteiger partial charge < -0.3 is 9.64 Å². The van der Waals surface area contributed by atoms with Crippen molar-refractivity contribution in [3.05, 3.63) is 53.2 Å². The van der Waals surface area contributed by atoms with E-state index in [1.807, 2.05) is 0 Å². The van der Waals surface area contributed by atoms with Gasteiger partial charge in [0.2, 0.25) is 0 Å². The van der Waals surface area contributed by atoms with E-state index in [4.69, 9.17) is 4.74 Å². The zero-order valence-electron chi connectivity index (χ0n) is 15.5. The molecule has 0 saturated carbocycles. The predicted octanol–water partition coefficient (Wildman–Crippen LogP) is 4.23. The van der Waals surface area contributed by atoms with Gasteiger partial charge in [-0.05, 0) is 36.6 Å². The zero-order valence-corrected chi connectivity index (χ0v) is 15.5. The molecule has 1 aromatic carbocycles. The van der Waals surface area contributed by atoms with Crippen LogP contribution in [0.2, 0.25) is 0 Å². The maximum Gasteiger partial charge on any atom is 0.255 e. The van der Waals surface area contributed by atoms with Crippen LogP contribution < -0.4 is 0 Å². The lowest BCUT2D eigenvalue weighted by Gasteiger charge is -2.26. The third-order valence-corrected chi connectivity index (χ3v) is 4.80. The molecule has 4 nitrogen and oxygen atoms in total. The lowest BCUT2D eigenvalue weighted by atomic mass is 10.0. The first-order valence-electron chi connectivity index (χ1n) is 9.42. The summed E-state index contributed by atoms with van der Waals surface area (Å²) >= 11 is 0. The second kappa shape index (κ2) is 9.04. The zero-order chi connectivity index (χ0) is 19.2. The van der Waals surface area contributed by atoms with Crippen LogP contribution in [0.15, 0.2) is 30.5 Å². The molecule has 0 unspecified atom stereocenters. The highest BCUT2D eigenvalue weighted by Gasteiger charge is 2.20. The monoisotopic (exact) mass is 374 g/mol. The number of hydrogen-bond donors (Lipinski definition) is 0. The van der Waals surface area contributed by atoms with Crippen LogP contribution in [-0.4, -0.2) is 42.1 Å². The Morgan fingerprint density at radius 2 is 1.89 bits per heavy atom. The number of rotatable bonds is 6. The Balaban J connectivity index is 1.76. The number of halogens is 2. The molecule has 1 aliphatic heterocycles. The van der Waals surface area contributed by atoms with Crippen LogP contribution in [0.4, 0.5) is 8.78 Å². The number of carbonyl (C=O) groups is 1. The number of nitrogens with zero attached hydrogens (tertiary/aromatic N) is 2. The molecule has 0 radical (unpaired) electrons. The van der Waals surface area contributed by atoms with Crippen LogP contribution in [0.25, 0.3) is 11.3 Å². The first kappa shape index (κ1) is 19.4. The molecule has 0 spiro atoms. The van der Waals surface area contributed by atoms with Crippen molar-refractivity contribution in [3.8, 4) is 11.3 Å². The number of unbranched alkanes of at least 4 members (excludes halogenated alkanes) is 2. The first-order valence-corrected chi connectivity index (χ1v) is 9.42. The van der Waals surface area contributed by atoms with Gasteiger partial charge in [0.15, 0.2) is 11.6 Å². The van der Waals surface area contributed by atoms with Crippen molar-refractivity contribution in [2.75, 3.05) is 26.3 Å². The molecule has 3 rings (SSSR count). The van der Waals surface area contributed by atoms with Crippen LogP contribution in [-0.2, 0) is 11.2 Å². The van der Waals surface area contributed by atoms with Crippen molar-refractivity contribution in [2.24, 2.45) is 0 Å². The number of morpholine rings is 1. The Morgan fingerprint density at radius 1 is 1.11 bits per heavy atom. The molecule has 0 bridgehead atoms. The minimum absolute atomic E-state index is 0.108. The smallest absolute Gasteiger partial charge is 0.255 e. The first-order chi connectivity index (χ1) is 13.1. The van der Waals surface area contributed by atoms with E-state index in [2.05, 4.69) is 11.9 Å². The minimum Gasteiger partial charge on any atom is -0.378 e. The number of ether oxygens (including phenoxy) is 1. The molecule has 1 fully saturated rings. The number of pyridine rings is 1. The van der Waals surface area contributed by atoms with E-state index in [-0.39, 0.29) is 11.5 Å². The van der Waals surface area contributed by atoms with E-state index >= 15 is 0 Å². The molecule has 0 atom stereocenters. The maximum absolute atomic E-state index is 14.5. The lowest BCUT2D eigenvalue weighted by molar-refractivity contribution is 0.0302. The minimum atomic E-state index is -0.885. The van der Waals surface area contributed by atoms with Gasteiger partial charge in [0.05, 0.1) is 24.5 Å². The molecule has 1 aromatic heterocycles. The van der Waals surface area contributed by atoms with Crippen molar-refractivity contribution in [1.29, 1.82) is 0 Å². The number of aromatic nitrogens is 1. The van der Waals surface area contributed by atoms with Gasteiger partial charge in [-0.3, -0.25) is 9.78 Å². The normalized spacial score (nSPS) is 14.4. The standard InChI is InChI=1S/C21H24F2N2O2/c1-2-3-4-5-15-6-8-17(20(23)19(15)22)18-9-7-16(14-24-18)21(26)25-10-12-27-13-11-25/h6-9,14H,2-5,10-13H2,1H3. The highest BCUT2D eigenvalue weighted by atomic mass is 19.2. The van der Waals surface area contributed by atoms with Gasteiger partial charge in [0, 0.05) is 24.8 Å². The average molecular weight is 374 g/mol. The number of amides is 1. The summed E-state index contributed by atoms with van der Waals surface area (Å²) in [6.07, 6.45) is 4.80. The van der Waals surface area contributed by atoms with Gasteiger partial charge in [-0.2, -0.15) is 0 Å². The fourth-order valence-corrected chi connectivity index (χ4v) is 3.17. The van der Waals surface area contributed by atoms with Gasteiger partial charge in [0.1, 0.15) is 0 Å². The molecule has 0 aliphatic carbocycles. The third kappa shape index (κ3) is 4.50. The number of hydrogen-bond acceptors (Lipinski definition) is 3. The second-order valence-electron chi connectivity index (χ2n) is 6.69. The molecular formula is C21H24F2N2O2. The maximum atomic E-state index is 14.5. The Hall–Kier alpha value is -2.34. The summed E-state index contributed by atoms with van der Waals surface area (Å²) in [6, 6.07) is 6.35. The van der Waals surface area contributed by atoms with E-state index < -0.39 is 11.6 Å². The summed E-state index contributed by atoms with van der Waals surface area (Å²) in [5.41, 5.74) is 1.24. The highest BCUT2D eigenvalue weighted by molar-refractivity contribution is 5.94. The number of benzene rings is 1. The lowest BCUT2D eigenvalue weighted by Crippen LogP contribution is -2.40. The highest BCUT2D eigenvalue weighted by Crippen LogP contribution is 2.26. The van der Waals surface area contributed by atoms with Crippen LogP contribution in [0.1, 0.15) is 42.1 Å². The summed E-state index contributed by atoms with van der Waals surface area (Å²) in [5, 5.41) is 0. The molecule has 2 heterocycles. The quantitative estimate of drug-likeness (QED) is 0.711. The SMILES string of the molecule is CCCCCc1ccc(-c2ccc(C(=O)N3CCOCC3)cn2)c(F)c1F. The average Bonchev–Trinajstić information content (AvgIpc) is 2.72. The molecule has 1 saturated heterocycles. The summed E-state index contributed by atoms with van der Waals surface area (Å²) in [4.78, 5) is 18.3. The summed E-state index contributed by atoms with van der Waals surface area (Å²) < 4.78 is 34.1. The Labute approximate surface area is 158 Å². The van der Waals surface area contributed by atoms with Crippen molar-refractivity contribution in [2.45, 2.75) is 32.6 Å². The van der Waals surface area contributed by atoms with E-state index in [1.165, 1.54) is 6.20 Å². The van der Waals surface area contributed by atoms with E-state index in [0.29, 0.717) is 49.5 Å². The number of aryl methyl sites for hydroxylation is 1. The van der Waals surface area contributed by atoms with Gasteiger partial charge in [-0.1, -0.05) is 25.8 Å². The van der Waals surface area contributed by atoms with E-state index in [9.17, 15) is 13.6 Å². The fraction of sp³-hybridized carbons (Fsp3) is 0.429. The predicted molar refractivity (Wildman–Crippen MR) is 99.5 cm³/mol. The van der Waals surface area contributed by atoms with Crippen LogP contribution in [0, 0.1) is 11.6 Å². The summed E-state index contributed by atoms with van der Waals surface area (Å²) in [6.45, 7) is 4.19. The van der Waals surface area contributed by atoms with Crippen molar-refractivity contribution in [1.82, 2.24) is 9.88 Å². The summed E-state index contributed by atoms with van der Waals surface area (Å²) in [7, 11) is 0. The molecule has 144 valence electrons. The van der Waals surface area contributed by atoms with Crippen LogP contribution in [0.5, 0.6) is 0 Å². The Kier molecular flexibility index (Phi) is 6.50. The fourth-order valence-electron chi connectivity index (χ4n) is 3.17. The second-order valence-corrected chi connectivity index (χ2v) is 6.69. The largest absolute Gasteiger partial charge is 0.378 e. The van der Waals surface area contributed by atoms with E-state index in [1.54, 1.807) is 29.2 Å². The Morgan fingerprint density at radius 3 is 2.56 bits per heavy atom. The van der Waals surface area contributed by atoms with Crippen molar-refractivity contribution < 1.29 is 18.3 Å². The Bertz CT molecular complexity index is 788. The number of carbonyl (C=O) groups excluding carboxylic acids is 1. The molecule has 1 aliphatic rings. The van der Waals surface area contributed by atoms with Gasteiger partial charge >= 0.3 is 0 Å². The summed E-state index contributed by atoms with van der Waals surface area (Å²) in [5.74, 6) is -1.82. The van der Waals surface area contributed by atoms with E-state index in [0.717, 1.165) is 19.3 Å². The van der Waals surface area contributed by atoms with Gasteiger partial charge in [0.25, 0.3) is 5.91 Å². The molecule has 6 heteroatoms. The third-order valence-electron chi connectivity index (χ3n) is 4.80. The topological polar surface area (TPSA) is 42.4 Å². The van der Waals surface area contributed by atoms with Gasteiger partial charge in [-0.15, -0.1) is 0 Å². The van der Waals surface area contributed by atoms with Crippen LogP contribution >= 0.6 is 0 Å².